The highest BCUT2D eigenvalue weighted by Crippen LogP contribution is 2.25. The second-order valence-electron chi connectivity index (χ2n) is 9.14. The molecule has 0 aromatic heterocycles. The molecule has 158 valence electrons. The van der Waals surface area contributed by atoms with Crippen LogP contribution in [0.25, 0.3) is 0 Å². The minimum absolute atomic E-state index is 0.0501. The van der Waals surface area contributed by atoms with Crippen molar-refractivity contribution in [3.05, 3.63) is 65.7 Å². The van der Waals surface area contributed by atoms with Gasteiger partial charge in [0.05, 0.1) is 10.6 Å². The van der Waals surface area contributed by atoms with E-state index in [2.05, 4.69) is 39.9 Å². The summed E-state index contributed by atoms with van der Waals surface area (Å²) < 4.78 is 25.3. The average Bonchev–Trinajstić information content (AvgIpc) is 2.64. The van der Waals surface area contributed by atoms with Crippen molar-refractivity contribution in [1.29, 1.82) is 0 Å². The van der Waals surface area contributed by atoms with Gasteiger partial charge >= 0.3 is 0 Å². The lowest BCUT2D eigenvalue weighted by Crippen LogP contribution is -2.43. The molecule has 0 heterocycles. The van der Waals surface area contributed by atoms with E-state index in [9.17, 15) is 13.2 Å². The fourth-order valence-electron chi connectivity index (χ4n) is 3.20. The van der Waals surface area contributed by atoms with Crippen molar-refractivity contribution in [2.75, 3.05) is 0 Å². The van der Waals surface area contributed by atoms with E-state index in [0.717, 1.165) is 12.8 Å². The lowest BCUT2D eigenvalue weighted by Gasteiger charge is -2.32. The number of amides is 1. The van der Waals surface area contributed by atoms with Gasteiger partial charge in [0.25, 0.3) is 5.91 Å². The summed E-state index contributed by atoms with van der Waals surface area (Å²) in [5, 5.41) is 3.16. The Kier molecular flexibility index (Phi) is 7.64. The van der Waals surface area contributed by atoms with Gasteiger partial charge in [0.1, 0.15) is 0 Å². The Morgan fingerprint density at radius 1 is 0.966 bits per heavy atom. The lowest BCUT2D eigenvalue weighted by molar-refractivity contribution is 0.0894. The quantitative estimate of drug-likeness (QED) is 0.641. The summed E-state index contributed by atoms with van der Waals surface area (Å²) in [5.74, 6) is 0.282. The fourth-order valence-corrected chi connectivity index (χ4v) is 4.55. The normalized spacial score (nSPS) is 13.3. The van der Waals surface area contributed by atoms with E-state index in [0.29, 0.717) is 17.0 Å². The van der Waals surface area contributed by atoms with Gasteiger partial charge in [0.2, 0.25) is 0 Å². The van der Waals surface area contributed by atoms with Crippen molar-refractivity contribution in [1.82, 2.24) is 5.32 Å². The zero-order valence-electron chi connectivity index (χ0n) is 18.1. The van der Waals surface area contributed by atoms with E-state index >= 15 is 0 Å². The number of benzene rings is 2. The summed E-state index contributed by atoms with van der Waals surface area (Å²) in [7, 11) is -3.45. The molecule has 5 heteroatoms. The van der Waals surface area contributed by atoms with Crippen LogP contribution in [-0.4, -0.2) is 20.4 Å². The molecule has 4 nitrogen and oxygen atoms in total. The van der Waals surface area contributed by atoms with E-state index in [1.165, 1.54) is 0 Å². The largest absolute Gasteiger partial charge is 0.349 e. The molecule has 29 heavy (non-hydrogen) atoms. The molecule has 2 aromatic rings. The SMILES string of the molecule is CC(C)CCC(NC(=O)c1cccc(CS(=O)(=O)c2ccccc2)c1)C(C)(C)C. The van der Waals surface area contributed by atoms with Crippen LogP contribution < -0.4 is 5.32 Å². The maximum Gasteiger partial charge on any atom is 0.251 e. The zero-order chi connectivity index (χ0) is 21.7. The average molecular weight is 416 g/mol. The maximum absolute atomic E-state index is 12.9. The molecular formula is C24H33NO3S. The monoisotopic (exact) mass is 415 g/mol. The van der Waals surface area contributed by atoms with Gasteiger partial charge < -0.3 is 5.32 Å². The smallest absolute Gasteiger partial charge is 0.251 e. The maximum atomic E-state index is 12.9. The van der Waals surface area contributed by atoms with Crippen LogP contribution in [0.1, 0.15) is 63.4 Å². The number of rotatable bonds is 8. The van der Waals surface area contributed by atoms with Crippen LogP contribution in [0.4, 0.5) is 0 Å². The molecular weight excluding hydrogens is 382 g/mol. The third kappa shape index (κ3) is 7.00. The second-order valence-corrected chi connectivity index (χ2v) is 11.1. The van der Waals surface area contributed by atoms with Crippen molar-refractivity contribution in [3.8, 4) is 0 Å². The van der Waals surface area contributed by atoms with Crippen LogP contribution in [0.5, 0.6) is 0 Å². The van der Waals surface area contributed by atoms with Crippen LogP contribution in [0.15, 0.2) is 59.5 Å². The van der Waals surface area contributed by atoms with E-state index in [1.807, 2.05) is 0 Å². The first-order valence-corrected chi connectivity index (χ1v) is 11.8. The Labute approximate surface area is 175 Å². The molecule has 2 aromatic carbocycles. The van der Waals surface area contributed by atoms with Gasteiger partial charge in [-0.25, -0.2) is 8.42 Å². The summed E-state index contributed by atoms with van der Waals surface area (Å²) >= 11 is 0. The van der Waals surface area contributed by atoms with Crippen molar-refractivity contribution >= 4 is 15.7 Å². The molecule has 0 radical (unpaired) electrons. The first kappa shape index (κ1) is 23.1. The lowest BCUT2D eigenvalue weighted by atomic mass is 9.82. The Morgan fingerprint density at radius 3 is 2.21 bits per heavy atom. The van der Waals surface area contributed by atoms with E-state index in [4.69, 9.17) is 0 Å². The molecule has 0 aliphatic rings. The van der Waals surface area contributed by atoms with Gasteiger partial charge in [0, 0.05) is 11.6 Å². The standard InChI is InChI=1S/C24H33NO3S/c1-18(2)14-15-22(24(3,4)5)25-23(26)20-11-9-10-19(16-20)17-29(27,28)21-12-7-6-8-13-21/h6-13,16,18,22H,14-15,17H2,1-5H3,(H,25,26). The second kappa shape index (κ2) is 9.57. The Morgan fingerprint density at radius 2 is 1.62 bits per heavy atom. The number of nitrogens with one attached hydrogen (secondary N) is 1. The number of sulfone groups is 1. The minimum Gasteiger partial charge on any atom is -0.349 e. The molecule has 0 fully saturated rings. The number of hydrogen-bond acceptors (Lipinski definition) is 3. The predicted molar refractivity (Wildman–Crippen MR) is 119 cm³/mol. The minimum atomic E-state index is -3.45. The molecule has 1 atom stereocenters. The Balaban J connectivity index is 2.16. The van der Waals surface area contributed by atoms with Crippen molar-refractivity contribution in [2.24, 2.45) is 11.3 Å². The predicted octanol–water partition coefficient (Wildman–Crippen LogP) is 5.24. The number of carbonyl (C=O) groups excluding carboxylic acids is 1. The van der Waals surface area contributed by atoms with E-state index in [1.54, 1.807) is 54.6 Å². The van der Waals surface area contributed by atoms with E-state index < -0.39 is 9.84 Å². The highest BCUT2D eigenvalue weighted by atomic mass is 32.2. The van der Waals surface area contributed by atoms with Gasteiger partial charge in [0.15, 0.2) is 9.84 Å². The molecule has 0 saturated carbocycles. The van der Waals surface area contributed by atoms with Crippen LogP contribution in [-0.2, 0) is 15.6 Å². The van der Waals surface area contributed by atoms with Crippen molar-refractivity contribution < 1.29 is 13.2 Å². The van der Waals surface area contributed by atoms with Gasteiger partial charge in [-0.2, -0.15) is 0 Å². The van der Waals surface area contributed by atoms with Gasteiger partial charge in [-0.1, -0.05) is 65.0 Å². The molecule has 1 N–H and O–H groups in total. The van der Waals surface area contributed by atoms with Crippen LogP contribution in [0.2, 0.25) is 0 Å². The fraction of sp³-hybridized carbons (Fsp3) is 0.458. The Hall–Kier alpha value is -2.14. The highest BCUT2D eigenvalue weighted by Gasteiger charge is 2.26. The number of carbonyl (C=O) groups is 1. The third-order valence-corrected chi connectivity index (χ3v) is 6.74. The van der Waals surface area contributed by atoms with E-state index in [-0.39, 0.29) is 28.0 Å². The molecule has 0 aliphatic carbocycles. The van der Waals surface area contributed by atoms with Gasteiger partial charge in [-0.3, -0.25) is 4.79 Å². The first-order valence-electron chi connectivity index (χ1n) is 10.2. The highest BCUT2D eigenvalue weighted by molar-refractivity contribution is 7.90. The van der Waals surface area contributed by atoms with Gasteiger partial charge in [-0.05, 0) is 54.0 Å². The van der Waals surface area contributed by atoms with Crippen LogP contribution >= 0.6 is 0 Å². The molecule has 0 saturated heterocycles. The molecule has 2 rings (SSSR count). The molecule has 1 unspecified atom stereocenters. The summed E-state index contributed by atoms with van der Waals surface area (Å²) in [6.45, 7) is 10.7. The van der Waals surface area contributed by atoms with Gasteiger partial charge in [-0.15, -0.1) is 0 Å². The first-order chi connectivity index (χ1) is 13.5. The Bertz CT molecular complexity index is 913. The molecule has 0 bridgehead atoms. The van der Waals surface area contributed by atoms with Crippen molar-refractivity contribution in [2.45, 2.75) is 64.2 Å². The van der Waals surface area contributed by atoms with Crippen LogP contribution in [0.3, 0.4) is 0 Å². The third-order valence-electron chi connectivity index (χ3n) is 5.03. The summed E-state index contributed by atoms with van der Waals surface area (Å²) in [5.41, 5.74) is 1.04. The zero-order valence-corrected chi connectivity index (χ0v) is 18.9. The van der Waals surface area contributed by atoms with Crippen molar-refractivity contribution in [3.63, 3.8) is 0 Å². The summed E-state index contributed by atoms with van der Waals surface area (Å²) in [6.07, 6.45) is 1.95. The van der Waals surface area contributed by atoms with Crippen LogP contribution in [0, 0.1) is 11.3 Å². The summed E-state index contributed by atoms with van der Waals surface area (Å²) in [4.78, 5) is 13.2. The summed E-state index contributed by atoms with van der Waals surface area (Å²) in [6, 6.07) is 15.3. The molecule has 0 aliphatic heterocycles. The molecule has 0 spiro atoms. The molecule has 1 amide bonds. The number of hydrogen-bond donors (Lipinski definition) is 1. The topological polar surface area (TPSA) is 63.2 Å².